The Bertz CT molecular complexity index is 4040. The summed E-state index contributed by atoms with van der Waals surface area (Å²) in [6.45, 7) is 1.93. The molecule has 0 fully saturated rings. The van der Waals surface area contributed by atoms with E-state index < -0.39 is 10.8 Å². The lowest BCUT2D eigenvalue weighted by Crippen LogP contribution is -2.12. The molecule has 0 aliphatic heterocycles. The van der Waals surface area contributed by atoms with Gasteiger partial charge in [-0.25, -0.2) is 0 Å². The van der Waals surface area contributed by atoms with Crippen molar-refractivity contribution in [1.29, 1.82) is 0 Å². The van der Waals surface area contributed by atoms with E-state index >= 15 is 0 Å². The fourth-order valence-electron chi connectivity index (χ4n) is 10.5. The Morgan fingerprint density at radius 3 is 1.32 bits per heavy atom. The molecule has 0 amide bonds. The Labute approximate surface area is 436 Å². The van der Waals surface area contributed by atoms with Gasteiger partial charge in [0.05, 0.1) is 68.3 Å². The van der Waals surface area contributed by atoms with Crippen molar-refractivity contribution in [2.24, 2.45) is 0 Å². The largest absolute Gasteiger partial charge is 0.493 e. The molecule has 1 atom stereocenters. The van der Waals surface area contributed by atoms with Crippen LogP contribution in [0.2, 0.25) is 0 Å². The van der Waals surface area contributed by atoms with Crippen molar-refractivity contribution in [2.75, 3.05) is 29.8 Å². The highest BCUT2D eigenvalue weighted by atomic mass is 32.2. The normalized spacial score (nSPS) is 11.9. The van der Waals surface area contributed by atoms with E-state index in [1.807, 2.05) is 55.5 Å². The molecule has 1 unspecified atom stereocenters. The van der Waals surface area contributed by atoms with Gasteiger partial charge in [-0.05, 0) is 132 Å². The Balaban J connectivity index is 0.958. The zero-order valence-corrected chi connectivity index (χ0v) is 42.6. The summed E-state index contributed by atoms with van der Waals surface area (Å²) >= 11 is 0.673. The minimum atomic E-state index is -1.26. The summed E-state index contributed by atoms with van der Waals surface area (Å²) < 4.78 is 40.7. The third-order valence-electron chi connectivity index (χ3n) is 13.9. The van der Waals surface area contributed by atoms with Crippen LogP contribution in [0.3, 0.4) is 0 Å². The van der Waals surface area contributed by atoms with Gasteiger partial charge < -0.3 is 33.0 Å². The molecule has 0 saturated heterocycles. The number of nitrogens with zero attached hydrogens (tertiary/aromatic N) is 4. The van der Waals surface area contributed by atoms with Crippen molar-refractivity contribution >= 4 is 101 Å². The lowest BCUT2D eigenvalue weighted by atomic mass is 10.0. The summed E-state index contributed by atoms with van der Waals surface area (Å²) in [4.78, 5) is 5.67. The second kappa shape index (κ2) is 19.8. The molecule has 10 aromatic carbocycles. The molecular weight excluding hydrogens is 953 g/mol. The SMILES string of the molecule is CCS(=O)c1cccc(N(c2ccc(-c3ccc(N(c4ccc5c(c4)c4ccccc4n5-c4ccccc4)c4cccc(SO)c4OC)cc3)cc2)c2ccc3c(c2)c2ccccc2n3-c2ccccc2)c1OC. The van der Waals surface area contributed by atoms with Crippen LogP contribution >= 0.6 is 12.0 Å². The molecule has 8 nitrogen and oxygen atoms in total. The van der Waals surface area contributed by atoms with Gasteiger partial charge in [0.15, 0.2) is 11.5 Å². The number of hydrogen-bond donors (Lipinski definition) is 1. The zero-order valence-electron chi connectivity index (χ0n) is 40.9. The summed E-state index contributed by atoms with van der Waals surface area (Å²) in [6.07, 6.45) is 0. The van der Waals surface area contributed by atoms with Crippen LogP contribution in [0.4, 0.5) is 34.1 Å². The van der Waals surface area contributed by atoms with Crippen molar-refractivity contribution in [3.05, 3.63) is 231 Å². The number of aromatic nitrogens is 2. The molecule has 362 valence electrons. The Morgan fingerprint density at radius 1 is 0.446 bits per heavy atom. The van der Waals surface area contributed by atoms with Crippen LogP contribution in [0.25, 0.3) is 66.1 Å². The van der Waals surface area contributed by atoms with Crippen LogP contribution in [-0.2, 0) is 10.8 Å². The van der Waals surface area contributed by atoms with Crippen LogP contribution in [-0.4, -0.2) is 37.9 Å². The van der Waals surface area contributed by atoms with E-state index in [1.54, 1.807) is 14.2 Å². The first kappa shape index (κ1) is 46.5. The van der Waals surface area contributed by atoms with Crippen molar-refractivity contribution in [2.45, 2.75) is 16.7 Å². The number of anilines is 6. The van der Waals surface area contributed by atoms with Crippen molar-refractivity contribution < 1.29 is 18.2 Å². The molecule has 0 aliphatic rings. The first-order valence-electron chi connectivity index (χ1n) is 24.5. The molecule has 12 aromatic rings. The number of methoxy groups -OCH3 is 2. The number of ether oxygens (including phenoxy) is 2. The van der Waals surface area contributed by atoms with Crippen LogP contribution in [0.15, 0.2) is 240 Å². The molecule has 12 rings (SSSR count). The summed E-state index contributed by atoms with van der Waals surface area (Å²) in [5.74, 6) is 1.61. The lowest BCUT2D eigenvalue weighted by molar-refractivity contribution is 0.405. The van der Waals surface area contributed by atoms with Crippen LogP contribution in [0.1, 0.15) is 6.92 Å². The van der Waals surface area contributed by atoms with Gasteiger partial charge in [0, 0.05) is 73.5 Å². The predicted molar refractivity (Wildman–Crippen MR) is 308 cm³/mol. The molecule has 0 saturated carbocycles. The third kappa shape index (κ3) is 8.04. The van der Waals surface area contributed by atoms with Crippen molar-refractivity contribution in [1.82, 2.24) is 9.13 Å². The number of benzene rings is 10. The van der Waals surface area contributed by atoms with E-state index in [0.29, 0.717) is 39.1 Å². The van der Waals surface area contributed by atoms with Gasteiger partial charge >= 0.3 is 0 Å². The topological polar surface area (TPSA) is 72.1 Å². The molecule has 0 aliphatic carbocycles. The molecular formula is C64H50N4O4S2. The van der Waals surface area contributed by atoms with Gasteiger partial charge in [0.1, 0.15) is 0 Å². The smallest absolute Gasteiger partial charge is 0.158 e. The summed E-state index contributed by atoms with van der Waals surface area (Å²) in [7, 11) is 2.03. The maximum atomic E-state index is 13.5. The van der Waals surface area contributed by atoms with Gasteiger partial charge in [-0.2, -0.15) is 0 Å². The average molecular weight is 1000 g/mol. The number of para-hydroxylation sites is 6. The zero-order chi connectivity index (χ0) is 50.3. The Kier molecular flexibility index (Phi) is 12.5. The maximum Gasteiger partial charge on any atom is 0.158 e. The standard InChI is InChI=1S/C64H50N4O4S2/c1-4-74(70)62-28-16-26-60(64(62)72-3)66(50-38-40-58-54(42-50)52-22-12-14-24-56(52)68(58)46-19-9-6-10-20-46)48-35-31-44(32-36-48)43-29-33-47(34-30-43)65(59-25-15-27-61(73-69)63(59)71-2)49-37-39-57-53(41-49)51-21-11-13-23-55(51)67(57)45-17-7-5-8-18-45/h5-42,69H,4H2,1-3H3. The predicted octanol–water partition coefficient (Wildman–Crippen LogP) is 17.2. The highest BCUT2D eigenvalue weighted by Gasteiger charge is 2.25. The number of rotatable bonds is 14. The fourth-order valence-corrected chi connectivity index (χ4v) is 11.9. The monoisotopic (exact) mass is 1000 g/mol. The maximum absolute atomic E-state index is 13.5. The molecule has 1 N–H and O–H groups in total. The van der Waals surface area contributed by atoms with E-state index in [9.17, 15) is 8.76 Å². The van der Waals surface area contributed by atoms with E-state index in [0.717, 1.165) is 100 Å². The van der Waals surface area contributed by atoms with Gasteiger partial charge in [0.2, 0.25) is 0 Å². The number of hydrogen-bond acceptors (Lipinski definition) is 7. The highest BCUT2D eigenvalue weighted by Crippen LogP contribution is 2.48. The number of fused-ring (bicyclic) bond motifs is 6. The van der Waals surface area contributed by atoms with Gasteiger partial charge in [-0.15, -0.1) is 0 Å². The van der Waals surface area contributed by atoms with Crippen LogP contribution in [0.5, 0.6) is 11.5 Å². The van der Waals surface area contributed by atoms with E-state index in [4.69, 9.17) is 9.47 Å². The van der Waals surface area contributed by atoms with Crippen LogP contribution in [0, 0.1) is 0 Å². The summed E-state index contributed by atoms with van der Waals surface area (Å²) in [5, 5.41) is 4.53. The summed E-state index contributed by atoms with van der Waals surface area (Å²) in [5.41, 5.74) is 14.0. The molecule has 10 heteroatoms. The minimum absolute atomic E-state index is 0.465. The highest BCUT2D eigenvalue weighted by molar-refractivity contribution is 7.93. The summed E-state index contributed by atoms with van der Waals surface area (Å²) in [6, 6.07) is 80.0. The van der Waals surface area contributed by atoms with E-state index in [-0.39, 0.29) is 0 Å². The van der Waals surface area contributed by atoms with Crippen molar-refractivity contribution in [3.8, 4) is 34.0 Å². The second-order valence-corrected chi connectivity index (χ2v) is 20.2. The van der Waals surface area contributed by atoms with Gasteiger partial charge in [-0.3, -0.25) is 4.21 Å². The first-order valence-corrected chi connectivity index (χ1v) is 26.6. The molecule has 0 spiro atoms. The fraction of sp³-hybridized carbons (Fsp3) is 0.0625. The Morgan fingerprint density at radius 2 is 0.865 bits per heavy atom. The molecule has 74 heavy (non-hydrogen) atoms. The molecule has 2 aromatic heterocycles. The quantitative estimate of drug-likeness (QED) is 0.109. The van der Waals surface area contributed by atoms with E-state index in [1.165, 1.54) is 0 Å². The Hall–Kier alpha value is -8.54. The van der Waals surface area contributed by atoms with E-state index in [2.05, 4.69) is 201 Å². The minimum Gasteiger partial charge on any atom is -0.493 e. The average Bonchev–Trinajstić information content (AvgIpc) is 3.98. The third-order valence-corrected chi connectivity index (χ3v) is 15.7. The molecule has 0 radical (unpaired) electrons. The van der Waals surface area contributed by atoms with Crippen LogP contribution < -0.4 is 19.3 Å². The van der Waals surface area contributed by atoms with Crippen molar-refractivity contribution in [3.63, 3.8) is 0 Å². The first-order chi connectivity index (χ1) is 36.5. The lowest BCUT2D eigenvalue weighted by Gasteiger charge is -2.28. The van der Waals surface area contributed by atoms with Gasteiger partial charge in [-0.1, -0.05) is 116 Å². The molecule has 0 bridgehead atoms. The second-order valence-electron chi connectivity index (χ2n) is 17.9. The van der Waals surface area contributed by atoms with Gasteiger partial charge in [0.25, 0.3) is 0 Å². The molecule has 2 heterocycles.